The summed E-state index contributed by atoms with van der Waals surface area (Å²) in [5, 5.41) is 10.9. The third-order valence-electron chi connectivity index (χ3n) is 2.80. The van der Waals surface area contributed by atoms with Crippen molar-refractivity contribution in [2.24, 2.45) is 0 Å². The van der Waals surface area contributed by atoms with Crippen molar-refractivity contribution in [1.82, 2.24) is 4.72 Å². The van der Waals surface area contributed by atoms with Crippen LogP contribution in [0.1, 0.15) is 12.7 Å². The van der Waals surface area contributed by atoms with Crippen LogP contribution in [0.25, 0.3) is 0 Å². The first-order valence-electron chi connectivity index (χ1n) is 6.18. The minimum atomic E-state index is -3.97. The molecule has 1 N–H and O–H groups in total. The zero-order chi connectivity index (χ0) is 15.5. The van der Waals surface area contributed by atoms with Gasteiger partial charge in [-0.05, 0) is 25.1 Å². The van der Waals surface area contributed by atoms with Crippen LogP contribution in [0.15, 0.2) is 52.0 Å². The van der Waals surface area contributed by atoms with Crippen LogP contribution in [-0.2, 0) is 16.4 Å². The second-order valence-corrected chi connectivity index (χ2v) is 6.21. The first-order chi connectivity index (χ1) is 9.90. The zero-order valence-corrected chi connectivity index (χ0v) is 12.0. The molecular formula is C13H14N2O5S. The van der Waals surface area contributed by atoms with Crippen LogP contribution < -0.4 is 4.72 Å². The molecule has 112 valence electrons. The van der Waals surface area contributed by atoms with Crippen molar-refractivity contribution in [1.29, 1.82) is 0 Å². The van der Waals surface area contributed by atoms with Gasteiger partial charge in [0.25, 0.3) is 5.69 Å². The summed E-state index contributed by atoms with van der Waals surface area (Å²) in [5.41, 5.74) is -0.449. The Morgan fingerprint density at radius 2 is 2.00 bits per heavy atom. The number of nitro groups is 1. The SMILES string of the molecule is CC(Cc1ccco1)NS(=O)(=O)c1ccccc1[N+](=O)[O-]. The lowest BCUT2D eigenvalue weighted by Crippen LogP contribution is -2.34. The number of hydrogen-bond donors (Lipinski definition) is 1. The summed E-state index contributed by atoms with van der Waals surface area (Å²) in [6.45, 7) is 1.66. The Hall–Kier alpha value is -2.19. The fourth-order valence-electron chi connectivity index (χ4n) is 1.94. The monoisotopic (exact) mass is 310 g/mol. The van der Waals surface area contributed by atoms with Crippen LogP contribution in [0.4, 0.5) is 5.69 Å². The van der Waals surface area contributed by atoms with E-state index in [1.807, 2.05) is 0 Å². The van der Waals surface area contributed by atoms with E-state index in [4.69, 9.17) is 4.42 Å². The summed E-state index contributed by atoms with van der Waals surface area (Å²) in [6, 6.07) is 8.21. The Morgan fingerprint density at radius 3 is 2.62 bits per heavy atom. The number of hydrogen-bond acceptors (Lipinski definition) is 5. The summed E-state index contributed by atoms with van der Waals surface area (Å²) in [6.07, 6.45) is 1.85. The van der Waals surface area contributed by atoms with E-state index in [0.717, 1.165) is 6.07 Å². The number of furan rings is 1. The fraction of sp³-hybridized carbons (Fsp3) is 0.231. The van der Waals surface area contributed by atoms with E-state index in [1.54, 1.807) is 19.1 Å². The molecule has 1 aromatic heterocycles. The minimum absolute atomic E-state index is 0.346. The molecule has 1 atom stereocenters. The lowest BCUT2D eigenvalue weighted by Gasteiger charge is -2.13. The predicted molar refractivity (Wildman–Crippen MR) is 75.3 cm³/mol. The number of rotatable bonds is 6. The number of para-hydroxylation sites is 1. The van der Waals surface area contributed by atoms with Crippen molar-refractivity contribution >= 4 is 15.7 Å². The van der Waals surface area contributed by atoms with Gasteiger partial charge in [-0.25, -0.2) is 13.1 Å². The topological polar surface area (TPSA) is 102 Å². The van der Waals surface area contributed by atoms with E-state index in [9.17, 15) is 18.5 Å². The molecule has 0 bridgehead atoms. The Bertz CT molecular complexity index is 725. The molecule has 0 radical (unpaired) electrons. The van der Waals surface area contributed by atoms with Gasteiger partial charge in [-0.2, -0.15) is 0 Å². The molecule has 8 heteroatoms. The van der Waals surface area contributed by atoms with Crippen LogP contribution in [0.3, 0.4) is 0 Å². The van der Waals surface area contributed by atoms with Crippen LogP contribution in [0, 0.1) is 10.1 Å². The molecule has 2 rings (SSSR count). The van der Waals surface area contributed by atoms with E-state index in [1.165, 1.54) is 24.5 Å². The van der Waals surface area contributed by atoms with Crippen molar-refractivity contribution in [3.63, 3.8) is 0 Å². The summed E-state index contributed by atoms with van der Waals surface area (Å²) in [5.74, 6) is 0.632. The zero-order valence-electron chi connectivity index (χ0n) is 11.2. The molecule has 0 aliphatic heterocycles. The summed E-state index contributed by atoms with van der Waals surface area (Å²) in [7, 11) is -3.97. The van der Waals surface area contributed by atoms with Crippen LogP contribution in [0.2, 0.25) is 0 Å². The van der Waals surface area contributed by atoms with Crippen LogP contribution >= 0.6 is 0 Å². The molecule has 0 saturated carbocycles. The molecule has 1 unspecified atom stereocenters. The molecule has 2 aromatic rings. The molecule has 1 aromatic carbocycles. The Labute approximate surface area is 121 Å². The average Bonchev–Trinajstić information content (AvgIpc) is 2.90. The second kappa shape index (κ2) is 6.06. The van der Waals surface area contributed by atoms with Crippen LogP contribution in [-0.4, -0.2) is 19.4 Å². The van der Waals surface area contributed by atoms with Gasteiger partial charge >= 0.3 is 0 Å². The van der Waals surface area contributed by atoms with Crippen LogP contribution in [0.5, 0.6) is 0 Å². The molecule has 0 aliphatic carbocycles. The molecule has 1 heterocycles. The van der Waals surface area contributed by atoms with Gasteiger partial charge in [0.15, 0.2) is 4.90 Å². The maximum absolute atomic E-state index is 12.3. The second-order valence-electron chi connectivity index (χ2n) is 4.53. The molecule has 0 aliphatic rings. The third-order valence-corrected chi connectivity index (χ3v) is 4.43. The highest BCUT2D eigenvalue weighted by Crippen LogP contribution is 2.23. The van der Waals surface area contributed by atoms with E-state index in [2.05, 4.69) is 4.72 Å². The number of nitrogens with one attached hydrogen (secondary N) is 1. The average molecular weight is 310 g/mol. The van der Waals surface area contributed by atoms with Crippen molar-refractivity contribution in [2.75, 3.05) is 0 Å². The largest absolute Gasteiger partial charge is 0.469 e. The normalized spacial score (nSPS) is 13.0. The number of nitrogens with zero attached hydrogens (tertiary/aromatic N) is 1. The van der Waals surface area contributed by atoms with E-state index in [-0.39, 0.29) is 4.90 Å². The van der Waals surface area contributed by atoms with Gasteiger partial charge in [0.05, 0.1) is 11.2 Å². The van der Waals surface area contributed by atoms with Gasteiger partial charge in [-0.15, -0.1) is 0 Å². The molecule has 0 fully saturated rings. The quantitative estimate of drug-likeness (QED) is 0.650. The van der Waals surface area contributed by atoms with Gasteiger partial charge in [-0.3, -0.25) is 10.1 Å². The molecule has 0 saturated heterocycles. The Morgan fingerprint density at radius 1 is 1.29 bits per heavy atom. The van der Waals surface area contributed by atoms with Gasteiger partial charge in [-0.1, -0.05) is 12.1 Å². The first kappa shape index (κ1) is 15.2. The standard InChI is InChI=1S/C13H14N2O5S/c1-10(9-11-5-4-8-20-11)14-21(18,19)13-7-3-2-6-12(13)15(16)17/h2-8,10,14H,9H2,1H3. The maximum atomic E-state index is 12.3. The lowest BCUT2D eigenvalue weighted by molar-refractivity contribution is -0.387. The first-order valence-corrected chi connectivity index (χ1v) is 7.66. The minimum Gasteiger partial charge on any atom is -0.469 e. The van der Waals surface area contributed by atoms with Crippen molar-refractivity contribution in [3.05, 3.63) is 58.5 Å². The predicted octanol–water partition coefficient (Wildman–Crippen LogP) is 2.10. The molecule has 0 spiro atoms. The van der Waals surface area contributed by atoms with E-state index >= 15 is 0 Å². The highest BCUT2D eigenvalue weighted by atomic mass is 32.2. The molecule has 21 heavy (non-hydrogen) atoms. The van der Waals surface area contributed by atoms with Gasteiger partial charge < -0.3 is 4.42 Å². The van der Waals surface area contributed by atoms with Gasteiger partial charge in [0.2, 0.25) is 10.0 Å². The van der Waals surface area contributed by atoms with E-state index in [0.29, 0.717) is 12.2 Å². The van der Waals surface area contributed by atoms with Crippen molar-refractivity contribution in [3.8, 4) is 0 Å². The smallest absolute Gasteiger partial charge is 0.289 e. The highest BCUT2D eigenvalue weighted by molar-refractivity contribution is 7.89. The number of benzene rings is 1. The van der Waals surface area contributed by atoms with E-state index < -0.39 is 26.7 Å². The number of nitro benzene ring substituents is 1. The number of sulfonamides is 1. The van der Waals surface area contributed by atoms with Crippen molar-refractivity contribution in [2.45, 2.75) is 24.3 Å². The third kappa shape index (κ3) is 3.67. The summed E-state index contributed by atoms with van der Waals surface area (Å²) in [4.78, 5) is 9.85. The summed E-state index contributed by atoms with van der Waals surface area (Å²) < 4.78 is 32.1. The van der Waals surface area contributed by atoms with Gasteiger partial charge in [0.1, 0.15) is 5.76 Å². The molecule has 0 amide bonds. The highest BCUT2D eigenvalue weighted by Gasteiger charge is 2.26. The molecule has 7 nitrogen and oxygen atoms in total. The Balaban J connectivity index is 2.20. The maximum Gasteiger partial charge on any atom is 0.289 e. The fourth-order valence-corrected chi connectivity index (χ4v) is 3.35. The summed E-state index contributed by atoms with van der Waals surface area (Å²) >= 11 is 0. The molecular weight excluding hydrogens is 296 g/mol. The Kier molecular flexibility index (Phi) is 4.39. The lowest BCUT2D eigenvalue weighted by atomic mass is 10.2. The van der Waals surface area contributed by atoms with Gasteiger partial charge in [0, 0.05) is 18.5 Å². The van der Waals surface area contributed by atoms with Crippen molar-refractivity contribution < 1.29 is 17.8 Å².